The number of anilines is 1. The van der Waals surface area contributed by atoms with Crippen LogP contribution in [0.1, 0.15) is 5.56 Å². The minimum Gasteiger partial charge on any atom is -0.380 e. The van der Waals surface area contributed by atoms with Crippen molar-refractivity contribution < 1.29 is 13.2 Å². The summed E-state index contributed by atoms with van der Waals surface area (Å²) in [6, 6.07) is 6.62. The lowest BCUT2D eigenvalue weighted by Gasteiger charge is -2.12. The summed E-state index contributed by atoms with van der Waals surface area (Å²) in [7, 11) is -2.12. The quantitative estimate of drug-likeness (QED) is 0.869. The van der Waals surface area contributed by atoms with E-state index >= 15 is 0 Å². The fourth-order valence-corrected chi connectivity index (χ4v) is 3.02. The van der Waals surface area contributed by atoms with E-state index in [1.165, 1.54) is 12.3 Å². The summed E-state index contributed by atoms with van der Waals surface area (Å²) in [6.07, 6.45) is 1.38. The van der Waals surface area contributed by atoms with Gasteiger partial charge in [-0.3, -0.25) is 9.82 Å². The van der Waals surface area contributed by atoms with Gasteiger partial charge in [0.1, 0.15) is 0 Å². The van der Waals surface area contributed by atoms with Gasteiger partial charge in [-0.25, -0.2) is 0 Å². The summed E-state index contributed by atoms with van der Waals surface area (Å²) in [5.41, 5.74) is 1.19. The van der Waals surface area contributed by atoms with Gasteiger partial charge >= 0.3 is 0 Å². The molecule has 1 heterocycles. The van der Waals surface area contributed by atoms with Crippen molar-refractivity contribution in [2.24, 2.45) is 0 Å². The van der Waals surface area contributed by atoms with Crippen molar-refractivity contribution in [3.8, 4) is 0 Å². The maximum atomic E-state index is 12.1. The molecule has 2 N–H and O–H groups in total. The first-order valence-electron chi connectivity index (χ1n) is 5.33. The van der Waals surface area contributed by atoms with Crippen molar-refractivity contribution in [1.29, 1.82) is 0 Å². The third-order valence-corrected chi connectivity index (χ3v) is 4.45. The van der Waals surface area contributed by atoms with Gasteiger partial charge in [-0.2, -0.15) is 13.5 Å². The number of nitrogens with one attached hydrogen (secondary N) is 2. The molecule has 0 radical (unpaired) electrons. The van der Waals surface area contributed by atoms with Gasteiger partial charge in [-0.15, -0.1) is 0 Å². The van der Waals surface area contributed by atoms with E-state index in [2.05, 4.69) is 30.8 Å². The number of benzene rings is 1. The van der Waals surface area contributed by atoms with Crippen LogP contribution in [0.25, 0.3) is 0 Å². The molecule has 0 fully saturated rings. The Morgan fingerprint density at radius 3 is 2.84 bits per heavy atom. The van der Waals surface area contributed by atoms with Crippen molar-refractivity contribution in [2.75, 3.05) is 11.8 Å². The third-order valence-electron chi connectivity index (χ3n) is 2.42. The third kappa shape index (κ3) is 3.14. The Bertz CT molecular complexity index is 656. The molecule has 19 heavy (non-hydrogen) atoms. The fourth-order valence-electron chi connectivity index (χ4n) is 1.54. The SMILES string of the molecule is COCc1c(Br)cccc1NS(=O)(=O)c1ccn[nH]1. The summed E-state index contributed by atoms with van der Waals surface area (Å²) >= 11 is 3.37. The second kappa shape index (κ2) is 5.72. The van der Waals surface area contributed by atoms with Crippen LogP contribution in [-0.2, 0) is 21.4 Å². The van der Waals surface area contributed by atoms with Crippen LogP contribution < -0.4 is 4.72 Å². The molecule has 102 valence electrons. The zero-order valence-electron chi connectivity index (χ0n) is 10.1. The zero-order valence-corrected chi connectivity index (χ0v) is 12.5. The highest BCUT2D eigenvalue weighted by molar-refractivity contribution is 9.10. The number of aromatic nitrogens is 2. The number of rotatable bonds is 5. The Morgan fingerprint density at radius 1 is 1.42 bits per heavy atom. The van der Waals surface area contributed by atoms with Gasteiger partial charge in [0.25, 0.3) is 10.0 Å². The molecule has 0 spiro atoms. The molecule has 1 aromatic carbocycles. The van der Waals surface area contributed by atoms with Gasteiger partial charge in [0.15, 0.2) is 5.03 Å². The second-order valence-electron chi connectivity index (χ2n) is 3.73. The first kappa shape index (κ1) is 14.0. The predicted molar refractivity (Wildman–Crippen MR) is 74.3 cm³/mol. The van der Waals surface area contributed by atoms with Gasteiger partial charge in [0.2, 0.25) is 0 Å². The summed E-state index contributed by atoms with van der Waals surface area (Å²) in [5.74, 6) is 0. The van der Waals surface area contributed by atoms with Crippen molar-refractivity contribution in [3.63, 3.8) is 0 Å². The monoisotopic (exact) mass is 345 g/mol. The minimum atomic E-state index is -3.67. The van der Waals surface area contributed by atoms with E-state index in [0.29, 0.717) is 12.3 Å². The number of ether oxygens (including phenoxy) is 1. The van der Waals surface area contributed by atoms with Crippen LogP contribution in [0.2, 0.25) is 0 Å². The Hall–Kier alpha value is -1.38. The smallest absolute Gasteiger partial charge is 0.278 e. The molecule has 2 rings (SSSR count). The number of H-pyrrole nitrogens is 1. The van der Waals surface area contributed by atoms with Crippen molar-refractivity contribution in [1.82, 2.24) is 10.2 Å². The van der Waals surface area contributed by atoms with E-state index in [9.17, 15) is 8.42 Å². The lowest BCUT2D eigenvalue weighted by molar-refractivity contribution is 0.185. The maximum Gasteiger partial charge on any atom is 0.278 e. The topological polar surface area (TPSA) is 84.1 Å². The number of halogens is 1. The molecule has 0 unspecified atom stereocenters. The van der Waals surface area contributed by atoms with Crippen LogP contribution in [0, 0.1) is 0 Å². The van der Waals surface area contributed by atoms with Crippen LogP contribution in [-0.4, -0.2) is 25.7 Å². The van der Waals surface area contributed by atoms with Crippen molar-refractivity contribution >= 4 is 31.6 Å². The number of hydrogen-bond donors (Lipinski definition) is 2. The highest BCUT2D eigenvalue weighted by Gasteiger charge is 2.18. The molecule has 1 aromatic heterocycles. The lowest BCUT2D eigenvalue weighted by Crippen LogP contribution is -2.15. The molecule has 0 saturated heterocycles. The minimum absolute atomic E-state index is 0.0100. The van der Waals surface area contributed by atoms with Crippen molar-refractivity contribution in [3.05, 3.63) is 40.5 Å². The van der Waals surface area contributed by atoms with Crippen LogP contribution in [0.15, 0.2) is 40.0 Å². The van der Waals surface area contributed by atoms with E-state index in [1.807, 2.05) is 6.07 Å². The molecular formula is C11H12BrN3O3S. The molecule has 2 aromatic rings. The van der Waals surface area contributed by atoms with E-state index in [0.717, 1.165) is 10.0 Å². The van der Waals surface area contributed by atoms with Gasteiger partial charge in [-0.1, -0.05) is 22.0 Å². The fraction of sp³-hybridized carbons (Fsp3) is 0.182. The number of aromatic amines is 1. The van der Waals surface area contributed by atoms with E-state index in [4.69, 9.17) is 4.74 Å². The zero-order chi connectivity index (χ0) is 13.9. The van der Waals surface area contributed by atoms with Gasteiger partial charge in [-0.05, 0) is 18.2 Å². The van der Waals surface area contributed by atoms with Crippen molar-refractivity contribution in [2.45, 2.75) is 11.6 Å². The lowest BCUT2D eigenvalue weighted by atomic mass is 10.2. The van der Waals surface area contributed by atoms with Crippen LogP contribution in [0.3, 0.4) is 0 Å². The molecule has 8 heteroatoms. The summed E-state index contributed by atoms with van der Waals surface area (Å²) in [5, 5.41) is 6.06. The Morgan fingerprint density at radius 2 is 2.21 bits per heavy atom. The molecule has 0 amide bonds. The highest BCUT2D eigenvalue weighted by Crippen LogP contribution is 2.27. The summed E-state index contributed by atoms with van der Waals surface area (Å²) < 4.78 is 32.5. The molecule has 0 aliphatic rings. The largest absolute Gasteiger partial charge is 0.380 e. The normalized spacial score (nSPS) is 11.5. The molecule has 0 aliphatic heterocycles. The average Bonchev–Trinajstić information content (AvgIpc) is 2.88. The van der Waals surface area contributed by atoms with Gasteiger partial charge in [0.05, 0.1) is 18.5 Å². The van der Waals surface area contributed by atoms with Crippen LogP contribution in [0.5, 0.6) is 0 Å². The average molecular weight is 346 g/mol. The number of nitrogens with zero attached hydrogens (tertiary/aromatic N) is 1. The van der Waals surface area contributed by atoms with E-state index in [-0.39, 0.29) is 5.03 Å². The van der Waals surface area contributed by atoms with Crippen LogP contribution >= 0.6 is 15.9 Å². The first-order valence-corrected chi connectivity index (χ1v) is 7.61. The molecule has 0 bridgehead atoms. The second-order valence-corrected chi connectivity index (χ2v) is 6.23. The van der Waals surface area contributed by atoms with Gasteiger partial charge < -0.3 is 4.74 Å². The number of methoxy groups -OCH3 is 1. The predicted octanol–water partition coefficient (Wildman–Crippen LogP) is 2.12. The maximum absolute atomic E-state index is 12.1. The van der Waals surface area contributed by atoms with E-state index < -0.39 is 10.0 Å². The molecule has 0 atom stereocenters. The van der Waals surface area contributed by atoms with E-state index in [1.54, 1.807) is 19.2 Å². The Balaban J connectivity index is 2.36. The summed E-state index contributed by atoms with van der Waals surface area (Å²) in [4.78, 5) is 0. The first-order chi connectivity index (χ1) is 9.04. The highest BCUT2D eigenvalue weighted by atomic mass is 79.9. The molecule has 0 aliphatic carbocycles. The van der Waals surface area contributed by atoms with Gasteiger partial charge in [0, 0.05) is 17.1 Å². The standard InChI is InChI=1S/C11H12BrN3O3S/c1-18-7-8-9(12)3-2-4-10(8)15-19(16,17)11-5-6-13-14-11/h2-6,15H,7H2,1H3,(H,13,14). The summed E-state index contributed by atoms with van der Waals surface area (Å²) in [6.45, 7) is 0.294. The number of sulfonamides is 1. The molecule has 6 nitrogen and oxygen atoms in total. The Labute approximate surface area is 119 Å². The Kier molecular flexibility index (Phi) is 4.23. The number of hydrogen-bond acceptors (Lipinski definition) is 4. The van der Waals surface area contributed by atoms with Crippen LogP contribution in [0.4, 0.5) is 5.69 Å². The molecule has 0 saturated carbocycles. The molecular weight excluding hydrogens is 334 g/mol.